The Kier molecular flexibility index (Phi) is 3.47. The Balaban J connectivity index is 2.52. The molecule has 4 N–H and O–H groups in total. The fourth-order valence-electron chi connectivity index (χ4n) is 0.969. The first-order chi connectivity index (χ1) is 6.24. The van der Waals surface area contributed by atoms with Crippen molar-refractivity contribution < 1.29 is 14.9 Å². The third-order valence-electron chi connectivity index (χ3n) is 1.60. The maximum atomic E-state index is 10.6. The monoisotopic (exact) mass is 183 g/mol. The lowest BCUT2D eigenvalue weighted by atomic mass is 10.1. The molecule has 0 saturated carbocycles. The molecular weight excluding hydrogens is 173 g/mol. The van der Waals surface area contributed by atoms with Crippen LogP contribution in [-0.4, -0.2) is 39.7 Å². The second-order valence-corrected chi connectivity index (χ2v) is 2.52. The molecule has 1 aromatic heterocycles. The van der Waals surface area contributed by atoms with E-state index in [1.165, 1.54) is 6.33 Å². The molecule has 0 saturated heterocycles. The molecule has 0 aromatic carbocycles. The normalized spacial score (nSPS) is 12.4. The van der Waals surface area contributed by atoms with Crippen molar-refractivity contribution in [3.8, 4) is 0 Å². The lowest BCUT2D eigenvalue weighted by Crippen LogP contribution is -2.40. The number of hydrogen-bond donors (Lipinski definition) is 4. The third kappa shape index (κ3) is 2.88. The first kappa shape index (κ1) is 9.75. The predicted octanol–water partition coefficient (Wildman–Crippen LogP) is -1.75. The smallest absolute Gasteiger partial charge is 0.358 e. The van der Waals surface area contributed by atoms with Gasteiger partial charge in [0.2, 0.25) is 0 Å². The van der Waals surface area contributed by atoms with Gasteiger partial charge in [-0.25, -0.2) is 4.98 Å². The zero-order valence-corrected chi connectivity index (χ0v) is 6.90. The molecule has 13 heavy (non-hydrogen) atoms. The minimum absolute atomic E-state index is 0.249. The van der Waals surface area contributed by atoms with Gasteiger partial charge < -0.3 is 20.3 Å². The summed E-state index contributed by atoms with van der Waals surface area (Å²) in [5.41, 5.74) is 0.647. The minimum atomic E-state index is -1.00. The summed E-state index contributed by atoms with van der Waals surface area (Å²) < 4.78 is 0. The van der Waals surface area contributed by atoms with Crippen molar-refractivity contribution in [3.05, 3.63) is 18.2 Å². The molecule has 0 fully saturated rings. The van der Waals surface area contributed by atoms with E-state index < -0.39 is 12.0 Å². The molecule has 7 heteroatoms. The lowest BCUT2D eigenvalue weighted by molar-refractivity contribution is -0.139. The Labute approximate surface area is 75.3 Å². The molecule has 0 amide bonds. The number of aliphatic carboxylic acids is 1. The topological polar surface area (TPSA) is 98.2 Å². The molecule has 1 heterocycles. The van der Waals surface area contributed by atoms with Crippen LogP contribution in [0.5, 0.6) is 0 Å². The highest BCUT2D eigenvalue weighted by molar-refractivity contribution is 6.22. The Morgan fingerprint density at radius 3 is 3.08 bits per heavy atom. The van der Waals surface area contributed by atoms with Gasteiger partial charge in [-0.2, -0.15) is 0 Å². The van der Waals surface area contributed by atoms with Crippen molar-refractivity contribution in [1.82, 2.24) is 15.2 Å². The highest BCUT2D eigenvalue weighted by Crippen LogP contribution is 1.97. The van der Waals surface area contributed by atoms with Crippen LogP contribution in [0.25, 0.3) is 0 Å². The van der Waals surface area contributed by atoms with E-state index in [0.717, 1.165) is 0 Å². The van der Waals surface area contributed by atoms with Gasteiger partial charge >= 0.3 is 13.6 Å². The zero-order chi connectivity index (χ0) is 9.68. The number of aromatic amines is 1. The number of rotatable bonds is 5. The van der Waals surface area contributed by atoms with Crippen molar-refractivity contribution in [3.63, 3.8) is 0 Å². The summed E-state index contributed by atoms with van der Waals surface area (Å²) in [6.07, 6.45) is 3.35. The van der Waals surface area contributed by atoms with Crippen LogP contribution in [-0.2, 0) is 11.2 Å². The molecule has 0 spiro atoms. The van der Waals surface area contributed by atoms with Crippen LogP contribution in [0.15, 0.2) is 12.5 Å². The molecule has 0 aliphatic heterocycles. The molecule has 0 aliphatic rings. The van der Waals surface area contributed by atoms with Gasteiger partial charge in [0.1, 0.15) is 6.04 Å². The van der Waals surface area contributed by atoms with Crippen molar-refractivity contribution in [2.24, 2.45) is 0 Å². The van der Waals surface area contributed by atoms with Gasteiger partial charge in [0.25, 0.3) is 0 Å². The van der Waals surface area contributed by atoms with Gasteiger partial charge in [0.05, 0.1) is 12.0 Å². The van der Waals surface area contributed by atoms with Gasteiger partial charge in [-0.1, -0.05) is 0 Å². The first-order valence-electron chi connectivity index (χ1n) is 3.78. The van der Waals surface area contributed by atoms with Gasteiger partial charge in [0.15, 0.2) is 0 Å². The molecule has 70 valence electrons. The SMILES string of the molecule is O=C(O)[C@H](Cc1c[nH]cn1)NBO. The molecule has 0 bridgehead atoms. The van der Waals surface area contributed by atoms with Crippen molar-refractivity contribution in [2.75, 3.05) is 0 Å². The van der Waals surface area contributed by atoms with Crippen LogP contribution in [0.3, 0.4) is 0 Å². The molecule has 1 atom stereocenters. The van der Waals surface area contributed by atoms with Crippen molar-refractivity contribution in [2.45, 2.75) is 12.5 Å². The average Bonchev–Trinajstić information content (AvgIpc) is 2.56. The summed E-state index contributed by atoms with van der Waals surface area (Å²) in [6.45, 7) is 0. The van der Waals surface area contributed by atoms with Crippen LogP contribution >= 0.6 is 0 Å². The quantitative estimate of drug-likeness (QED) is 0.406. The van der Waals surface area contributed by atoms with E-state index in [9.17, 15) is 4.79 Å². The van der Waals surface area contributed by atoms with Gasteiger partial charge in [0, 0.05) is 12.6 Å². The number of imidazole rings is 1. The summed E-state index contributed by atoms with van der Waals surface area (Å²) in [4.78, 5) is 17.2. The molecule has 0 aliphatic carbocycles. The summed E-state index contributed by atoms with van der Waals surface area (Å²) in [5.74, 6) is -1.00. The molecule has 1 aromatic rings. The summed E-state index contributed by atoms with van der Waals surface area (Å²) in [7, 11) is -0.360. The van der Waals surface area contributed by atoms with E-state index in [1.807, 2.05) is 0 Å². The van der Waals surface area contributed by atoms with Crippen LogP contribution in [0.2, 0.25) is 0 Å². The van der Waals surface area contributed by atoms with Crippen molar-refractivity contribution >= 4 is 13.6 Å². The van der Waals surface area contributed by atoms with Crippen LogP contribution in [0.4, 0.5) is 0 Å². The fourth-order valence-corrected chi connectivity index (χ4v) is 0.969. The van der Waals surface area contributed by atoms with Crippen LogP contribution in [0, 0.1) is 0 Å². The van der Waals surface area contributed by atoms with E-state index in [1.54, 1.807) is 6.20 Å². The predicted molar refractivity (Wildman–Crippen MR) is 46.2 cm³/mol. The van der Waals surface area contributed by atoms with E-state index in [4.69, 9.17) is 10.1 Å². The molecule has 6 nitrogen and oxygen atoms in total. The summed E-state index contributed by atoms with van der Waals surface area (Å²) in [6, 6.07) is -0.798. The number of carbonyl (C=O) groups is 1. The standard InChI is InChI=1S/C6H10BN3O3/c11-6(12)5(10-7-13)1-4-2-8-3-9-4/h2-3,5,7,10,13H,1H2,(H,8,9)(H,11,12)/t5-/m0/s1. The Hall–Kier alpha value is -1.34. The Bertz CT molecular complexity index is 264. The zero-order valence-electron chi connectivity index (χ0n) is 6.90. The highest BCUT2D eigenvalue weighted by Gasteiger charge is 2.17. The summed E-state index contributed by atoms with van der Waals surface area (Å²) >= 11 is 0. The van der Waals surface area contributed by atoms with Gasteiger partial charge in [-0.05, 0) is 0 Å². The minimum Gasteiger partial charge on any atom is -0.480 e. The van der Waals surface area contributed by atoms with Gasteiger partial charge in [-0.15, -0.1) is 0 Å². The molecule has 0 unspecified atom stereocenters. The first-order valence-corrected chi connectivity index (χ1v) is 3.78. The second-order valence-electron chi connectivity index (χ2n) is 2.52. The number of H-pyrrole nitrogens is 1. The van der Waals surface area contributed by atoms with E-state index >= 15 is 0 Å². The highest BCUT2D eigenvalue weighted by atomic mass is 16.4. The van der Waals surface area contributed by atoms with Gasteiger partial charge in [-0.3, -0.25) is 4.79 Å². The number of carboxylic acid groups (broad SMARTS) is 1. The molecule has 1 rings (SSSR count). The number of nitrogens with one attached hydrogen (secondary N) is 2. The second kappa shape index (κ2) is 4.63. The largest absolute Gasteiger partial charge is 0.480 e. The maximum absolute atomic E-state index is 10.6. The average molecular weight is 183 g/mol. The fraction of sp³-hybridized carbons (Fsp3) is 0.333. The molecular formula is C6H10BN3O3. The number of hydrogen-bond acceptors (Lipinski definition) is 4. The van der Waals surface area contributed by atoms with E-state index in [0.29, 0.717) is 5.69 Å². The molecule has 0 radical (unpaired) electrons. The van der Waals surface area contributed by atoms with E-state index in [2.05, 4.69) is 15.2 Å². The Morgan fingerprint density at radius 2 is 2.62 bits per heavy atom. The van der Waals surface area contributed by atoms with Crippen LogP contribution < -0.4 is 5.23 Å². The van der Waals surface area contributed by atoms with Crippen LogP contribution in [0.1, 0.15) is 5.69 Å². The van der Waals surface area contributed by atoms with Crippen molar-refractivity contribution in [1.29, 1.82) is 0 Å². The maximum Gasteiger partial charge on any atom is 0.358 e. The number of aromatic nitrogens is 2. The Morgan fingerprint density at radius 1 is 1.85 bits per heavy atom. The van der Waals surface area contributed by atoms with E-state index in [-0.39, 0.29) is 14.0 Å². The summed E-state index contributed by atoms with van der Waals surface area (Å²) in [5, 5.41) is 19.6. The third-order valence-corrected chi connectivity index (χ3v) is 1.60. The number of nitrogens with zero attached hydrogens (tertiary/aromatic N) is 1. The number of carboxylic acids is 1. The lowest BCUT2D eigenvalue weighted by Gasteiger charge is -2.09.